The molecule has 4 aromatic rings. The van der Waals surface area contributed by atoms with E-state index < -0.39 is 0 Å². The molecule has 7 heteroatoms. The Morgan fingerprint density at radius 3 is 2.88 bits per heavy atom. The Kier molecular flexibility index (Phi) is 3.95. The summed E-state index contributed by atoms with van der Waals surface area (Å²) < 4.78 is 10.4. The maximum Gasteiger partial charge on any atom is 0.252 e. The van der Waals surface area contributed by atoms with Gasteiger partial charge in [-0.2, -0.15) is 0 Å². The van der Waals surface area contributed by atoms with Gasteiger partial charge >= 0.3 is 0 Å². The Balaban J connectivity index is 1.78. The van der Waals surface area contributed by atoms with E-state index in [0.717, 1.165) is 0 Å². The second kappa shape index (κ2) is 6.41. The first-order chi connectivity index (χ1) is 12.2. The minimum Gasteiger partial charge on any atom is -0.463 e. The van der Waals surface area contributed by atoms with Gasteiger partial charge in [-0.05, 0) is 24.3 Å². The number of nitrogens with zero attached hydrogens (tertiary/aromatic N) is 2. The molecule has 1 aromatic carbocycles. The minimum absolute atomic E-state index is 0.235. The van der Waals surface area contributed by atoms with E-state index in [2.05, 4.69) is 15.5 Å². The van der Waals surface area contributed by atoms with Crippen LogP contribution in [-0.4, -0.2) is 16.0 Å². The number of halogens is 1. The molecule has 0 aliphatic heterocycles. The van der Waals surface area contributed by atoms with Crippen molar-refractivity contribution in [3.63, 3.8) is 0 Å². The highest BCUT2D eigenvalue weighted by Crippen LogP contribution is 2.29. The van der Waals surface area contributed by atoms with Gasteiger partial charge in [0.15, 0.2) is 11.5 Å². The predicted octanol–water partition coefficient (Wildman–Crippen LogP) is 4.07. The third-order valence-electron chi connectivity index (χ3n) is 3.72. The molecule has 0 fully saturated rings. The normalized spacial score (nSPS) is 10.9. The SMILES string of the molecule is O=C(NCc1ccno1)c1cc(-c2ccco2)nc2c(Cl)cccc12. The van der Waals surface area contributed by atoms with Gasteiger partial charge in [0.25, 0.3) is 5.91 Å². The molecule has 3 heterocycles. The van der Waals surface area contributed by atoms with Crippen LogP contribution in [0.1, 0.15) is 16.1 Å². The molecule has 124 valence electrons. The molecule has 0 saturated heterocycles. The molecule has 6 nitrogen and oxygen atoms in total. The number of carbonyl (C=O) groups is 1. The summed E-state index contributed by atoms with van der Waals surface area (Å²) in [6, 6.07) is 12.2. The van der Waals surface area contributed by atoms with Crippen LogP contribution in [0.4, 0.5) is 0 Å². The molecule has 0 bridgehead atoms. The maximum absolute atomic E-state index is 12.7. The van der Waals surface area contributed by atoms with Crippen molar-refractivity contribution in [3.05, 3.63) is 71.3 Å². The highest BCUT2D eigenvalue weighted by atomic mass is 35.5. The summed E-state index contributed by atoms with van der Waals surface area (Å²) in [6.45, 7) is 0.235. The smallest absolute Gasteiger partial charge is 0.252 e. The van der Waals surface area contributed by atoms with Crippen molar-refractivity contribution >= 4 is 28.4 Å². The van der Waals surface area contributed by atoms with Crippen molar-refractivity contribution in [1.82, 2.24) is 15.5 Å². The Morgan fingerprint density at radius 1 is 1.20 bits per heavy atom. The number of fused-ring (bicyclic) bond motifs is 1. The van der Waals surface area contributed by atoms with Crippen molar-refractivity contribution in [3.8, 4) is 11.5 Å². The van der Waals surface area contributed by atoms with E-state index in [4.69, 9.17) is 20.5 Å². The molecule has 1 amide bonds. The zero-order chi connectivity index (χ0) is 17.2. The number of aromatic nitrogens is 2. The predicted molar refractivity (Wildman–Crippen MR) is 92.1 cm³/mol. The summed E-state index contributed by atoms with van der Waals surface area (Å²) in [5.74, 6) is 0.862. The Labute approximate surface area is 147 Å². The molecular formula is C18H12ClN3O3. The quantitative estimate of drug-likeness (QED) is 0.598. The molecule has 0 unspecified atom stereocenters. The number of rotatable bonds is 4. The third-order valence-corrected chi connectivity index (χ3v) is 4.03. The Hall–Kier alpha value is -3.12. The van der Waals surface area contributed by atoms with Crippen LogP contribution in [0.5, 0.6) is 0 Å². The zero-order valence-electron chi connectivity index (χ0n) is 12.9. The number of nitrogens with one attached hydrogen (secondary N) is 1. The number of pyridine rings is 1. The molecular weight excluding hydrogens is 342 g/mol. The van der Waals surface area contributed by atoms with E-state index in [0.29, 0.717) is 38.7 Å². The summed E-state index contributed by atoms with van der Waals surface area (Å²) in [6.07, 6.45) is 3.08. The van der Waals surface area contributed by atoms with Crippen molar-refractivity contribution < 1.29 is 13.7 Å². The Bertz CT molecular complexity index is 1030. The lowest BCUT2D eigenvalue weighted by molar-refractivity contribution is 0.0948. The molecule has 25 heavy (non-hydrogen) atoms. The first kappa shape index (κ1) is 15.4. The second-order valence-corrected chi connectivity index (χ2v) is 5.74. The molecule has 1 N–H and O–H groups in total. The van der Waals surface area contributed by atoms with E-state index >= 15 is 0 Å². The van der Waals surface area contributed by atoms with E-state index in [-0.39, 0.29) is 12.5 Å². The first-order valence-corrected chi connectivity index (χ1v) is 7.91. The van der Waals surface area contributed by atoms with Crippen LogP contribution < -0.4 is 5.32 Å². The van der Waals surface area contributed by atoms with Gasteiger partial charge in [0.1, 0.15) is 5.69 Å². The fraction of sp³-hybridized carbons (Fsp3) is 0.0556. The van der Waals surface area contributed by atoms with Crippen LogP contribution in [0.3, 0.4) is 0 Å². The topological polar surface area (TPSA) is 81.2 Å². The number of carbonyl (C=O) groups excluding carboxylic acids is 1. The summed E-state index contributed by atoms with van der Waals surface area (Å²) in [5, 5.41) is 7.56. The van der Waals surface area contributed by atoms with Crippen LogP contribution in [0.2, 0.25) is 5.02 Å². The van der Waals surface area contributed by atoms with Gasteiger partial charge < -0.3 is 14.3 Å². The van der Waals surface area contributed by atoms with Crippen molar-refractivity contribution in [2.45, 2.75) is 6.54 Å². The van der Waals surface area contributed by atoms with Gasteiger partial charge in [-0.1, -0.05) is 28.9 Å². The maximum atomic E-state index is 12.7. The molecule has 0 aliphatic carbocycles. The Morgan fingerprint density at radius 2 is 2.12 bits per heavy atom. The number of hydrogen-bond acceptors (Lipinski definition) is 5. The number of hydrogen-bond donors (Lipinski definition) is 1. The van der Waals surface area contributed by atoms with E-state index in [1.807, 2.05) is 6.07 Å². The van der Waals surface area contributed by atoms with Gasteiger partial charge in [0.2, 0.25) is 0 Å². The highest BCUT2D eigenvalue weighted by Gasteiger charge is 2.16. The summed E-state index contributed by atoms with van der Waals surface area (Å²) in [4.78, 5) is 17.2. The average Bonchev–Trinajstić information content (AvgIpc) is 3.33. The number of benzene rings is 1. The van der Waals surface area contributed by atoms with E-state index in [9.17, 15) is 4.79 Å². The van der Waals surface area contributed by atoms with Crippen molar-refractivity contribution in [1.29, 1.82) is 0 Å². The molecule has 0 aliphatic rings. The van der Waals surface area contributed by atoms with Gasteiger partial charge in [0.05, 0.1) is 35.1 Å². The van der Waals surface area contributed by atoms with Crippen LogP contribution in [0.15, 0.2) is 63.9 Å². The fourth-order valence-electron chi connectivity index (χ4n) is 2.55. The van der Waals surface area contributed by atoms with Gasteiger partial charge in [-0.15, -0.1) is 0 Å². The van der Waals surface area contributed by atoms with Crippen LogP contribution in [0, 0.1) is 0 Å². The monoisotopic (exact) mass is 353 g/mol. The van der Waals surface area contributed by atoms with Crippen LogP contribution in [-0.2, 0) is 6.54 Å². The lowest BCUT2D eigenvalue weighted by Gasteiger charge is -2.10. The molecule has 3 aromatic heterocycles. The zero-order valence-corrected chi connectivity index (χ0v) is 13.7. The fourth-order valence-corrected chi connectivity index (χ4v) is 2.76. The van der Waals surface area contributed by atoms with Gasteiger partial charge in [-0.3, -0.25) is 4.79 Å². The molecule has 0 radical (unpaired) electrons. The van der Waals surface area contributed by atoms with Gasteiger partial charge in [-0.25, -0.2) is 4.98 Å². The molecule has 4 rings (SSSR count). The number of amides is 1. The number of para-hydroxylation sites is 1. The highest BCUT2D eigenvalue weighted by molar-refractivity contribution is 6.35. The first-order valence-electron chi connectivity index (χ1n) is 7.53. The van der Waals surface area contributed by atoms with Crippen molar-refractivity contribution in [2.75, 3.05) is 0 Å². The largest absolute Gasteiger partial charge is 0.463 e. The van der Waals surface area contributed by atoms with Crippen LogP contribution >= 0.6 is 11.6 Å². The van der Waals surface area contributed by atoms with Crippen LogP contribution in [0.25, 0.3) is 22.4 Å². The minimum atomic E-state index is -0.265. The molecule has 0 atom stereocenters. The lowest BCUT2D eigenvalue weighted by Crippen LogP contribution is -2.23. The van der Waals surface area contributed by atoms with Gasteiger partial charge in [0, 0.05) is 11.5 Å². The standard InChI is InChI=1S/C18H12ClN3O3/c19-14-4-1-3-12-13(18(23)20-10-11-6-7-21-25-11)9-15(22-17(12)14)16-5-2-8-24-16/h1-9H,10H2,(H,20,23). The van der Waals surface area contributed by atoms with E-state index in [1.165, 1.54) is 6.20 Å². The summed E-state index contributed by atoms with van der Waals surface area (Å²) in [5.41, 5.74) is 1.54. The third kappa shape index (κ3) is 2.99. The molecule has 0 spiro atoms. The summed E-state index contributed by atoms with van der Waals surface area (Å²) in [7, 11) is 0. The number of furan rings is 1. The lowest BCUT2D eigenvalue weighted by atomic mass is 10.1. The molecule has 0 saturated carbocycles. The average molecular weight is 354 g/mol. The second-order valence-electron chi connectivity index (χ2n) is 5.33. The summed E-state index contributed by atoms with van der Waals surface area (Å²) >= 11 is 6.28. The van der Waals surface area contributed by atoms with Crippen molar-refractivity contribution in [2.24, 2.45) is 0 Å². The van der Waals surface area contributed by atoms with E-state index in [1.54, 1.807) is 42.7 Å².